The number of fused-ring (bicyclic) bond motifs is 3. The molecule has 2 amide bonds. The highest BCUT2D eigenvalue weighted by Crippen LogP contribution is 2.37. The number of benzene rings is 2. The zero-order valence-electron chi connectivity index (χ0n) is 10.3. The Morgan fingerprint density at radius 2 is 1.10 bits per heavy atom. The molecule has 3 rings (SSSR count). The van der Waals surface area contributed by atoms with Crippen LogP contribution in [-0.2, 0) is 0 Å². The fourth-order valence-corrected chi connectivity index (χ4v) is 2.39. The molecule has 2 aromatic rings. The standard InChI is InChI=1S/C15H10N2O3/c16-14(19)7-1-3-9-10-4-2-8(15(17)20)6-12(10)13(18)11(9)5-7/h1-6H,(H2,16,19)(H2,17,20). The van der Waals surface area contributed by atoms with E-state index in [0.717, 1.165) is 11.1 Å². The Morgan fingerprint density at radius 3 is 1.45 bits per heavy atom. The molecule has 0 unspecified atom stereocenters. The zero-order chi connectivity index (χ0) is 14.4. The van der Waals surface area contributed by atoms with E-state index in [1.54, 1.807) is 24.3 Å². The van der Waals surface area contributed by atoms with Crippen molar-refractivity contribution in [3.8, 4) is 11.1 Å². The normalized spacial score (nSPS) is 11.9. The van der Waals surface area contributed by atoms with Crippen molar-refractivity contribution in [3.05, 3.63) is 58.7 Å². The van der Waals surface area contributed by atoms with Crippen molar-refractivity contribution >= 4 is 17.6 Å². The number of hydrogen-bond acceptors (Lipinski definition) is 3. The van der Waals surface area contributed by atoms with E-state index in [1.165, 1.54) is 12.1 Å². The minimum Gasteiger partial charge on any atom is -0.366 e. The Bertz CT molecular complexity index is 728. The van der Waals surface area contributed by atoms with E-state index in [-0.39, 0.29) is 16.9 Å². The van der Waals surface area contributed by atoms with Crippen LogP contribution in [0.3, 0.4) is 0 Å². The first-order chi connectivity index (χ1) is 9.49. The van der Waals surface area contributed by atoms with Crippen LogP contribution in [0.15, 0.2) is 36.4 Å². The molecule has 1 aliphatic carbocycles. The number of rotatable bonds is 2. The Balaban J connectivity index is 2.21. The van der Waals surface area contributed by atoms with Crippen LogP contribution in [0.4, 0.5) is 0 Å². The predicted octanol–water partition coefficient (Wildman–Crippen LogP) is 1.10. The van der Waals surface area contributed by atoms with Gasteiger partial charge in [0.2, 0.25) is 11.8 Å². The Hall–Kier alpha value is -2.95. The average Bonchev–Trinajstić information content (AvgIpc) is 2.71. The minimum atomic E-state index is -0.589. The van der Waals surface area contributed by atoms with Gasteiger partial charge in [-0.15, -0.1) is 0 Å². The maximum absolute atomic E-state index is 12.3. The minimum absolute atomic E-state index is 0.235. The van der Waals surface area contributed by atoms with Crippen molar-refractivity contribution in [1.82, 2.24) is 0 Å². The molecule has 0 aliphatic heterocycles. The van der Waals surface area contributed by atoms with Gasteiger partial charge in [-0.3, -0.25) is 14.4 Å². The summed E-state index contributed by atoms with van der Waals surface area (Å²) >= 11 is 0. The molecular weight excluding hydrogens is 256 g/mol. The molecule has 0 saturated heterocycles. The third-order valence-electron chi connectivity index (χ3n) is 3.39. The van der Waals surface area contributed by atoms with E-state index < -0.39 is 11.8 Å². The smallest absolute Gasteiger partial charge is 0.248 e. The molecule has 0 radical (unpaired) electrons. The van der Waals surface area contributed by atoms with Gasteiger partial charge in [0.05, 0.1) is 0 Å². The number of amides is 2. The van der Waals surface area contributed by atoms with Gasteiger partial charge in [0.15, 0.2) is 5.78 Å². The highest BCUT2D eigenvalue weighted by Gasteiger charge is 2.28. The summed E-state index contributed by atoms with van der Waals surface area (Å²) in [6, 6.07) is 9.47. The van der Waals surface area contributed by atoms with Gasteiger partial charge in [0, 0.05) is 22.3 Å². The first-order valence-corrected chi connectivity index (χ1v) is 5.92. The number of carbonyl (C=O) groups excluding carboxylic acids is 3. The lowest BCUT2D eigenvalue weighted by Gasteiger charge is -2.02. The summed E-state index contributed by atoms with van der Waals surface area (Å²) in [5.41, 5.74) is 13.3. The molecule has 2 aromatic carbocycles. The van der Waals surface area contributed by atoms with Gasteiger partial charge in [0.1, 0.15) is 0 Å². The van der Waals surface area contributed by atoms with Gasteiger partial charge in [-0.2, -0.15) is 0 Å². The molecule has 0 spiro atoms. The molecule has 0 atom stereocenters. The molecule has 5 nitrogen and oxygen atoms in total. The second-order valence-corrected chi connectivity index (χ2v) is 4.58. The van der Waals surface area contributed by atoms with Crippen molar-refractivity contribution in [2.75, 3.05) is 0 Å². The molecule has 0 heterocycles. The summed E-state index contributed by atoms with van der Waals surface area (Å²) in [5.74, 6) is -1.41. The quantitative estimate of drug-likeness (QED) is 0.725. The third-order valence-corrected chi connectivity index (χ3v) is 3.39. The van der Waals surface area contributed by atoms with Crippen LogP contribution in [0.5, 0.6) is 0 Å². The van der Waals surface area contributed by atoms with Gasteiger partial charge >= 0.3 is 0 Å². The lowest BCUT2D eigenvalue weighted by atomic mass is 10.0. The number of ketones is 1. The summed E-state index contributed by atoms with van der Waals surface area (Å²) < 4.78 is 0. The maximum Gasteiger partial charge on any atom is 0.248 e. The summed E-state index contributed by atoms with van der Waals surface area (Å²) in [6.07, 6.45) is 0. The molecule has 20 heavy (non-hydrogen) atoms. The van der Waals surface area contributed by atoms with Crippen molar-refractivity contribution in [3.63, 3.8) is 0 Å². The maximum atomic E-state index is 12.3. The van der Waals surface area contributed by atoms with Gasteiger partial charge in [0.25, 0.3) is 0 Å². The molecule has 4 N–H and O–H groups in total. The van der Waals surface area contributed by atoms with E-state index in [2.05, 4.69) is 0 Å². The van der Waals surface area contributed by atoms with Gasteiger partial charge in [-0.25, -0.2) is 0 Å². The molecule has 0 fully saturated rings. The largest absolute Gasteiger partial charge is 0.366 e. The molecule has 5 heteroatoms. The van der Waals surface area contributed by atoms with Crippen LogP contribution >= 0.6 is 0 Å². The van der Waals surface area contributed by atoms with Crippen LogP contribution < -0.4 is 11.5 Å². The van der Waals surface area contributed by atoms with E-state index >= 15 is 0 Å². The summed E-state index contributed by atoms with van der Waals surface area (Å²) in [4.78, 5) is 34.7. The Morgan fingerprint density at radius 1 is 0.700 bits per heavy atom. The molecular formula is C15H10N2O3. The third kappa shape index (κ3) is 1.60. The van der Waals surface area contributed by atoms with Crippen molar-refractivity contribution in [2.45, 2.75) is 0 Å². The molecule has 0 bridgehead atoms. The van der Waals surface area contributed by atoms with Crippen LogP contribution in [0.25, 0.3) is 11.1 Å². The highest BCUT2D eigenvalue weighted by atomic mass is 16.1. The Labute approximate surface area is 114 Å². The van der Waals surface area contributed by atoms with Crippen LogP contribution in [0.2, 0.25) is 0 Å². The first-order valence-electron chi connectivity index (χ1n) is 5.92. The fraction of sp³-hybridized carbons (Fsp3) is 0. The summed E-state index contributed by atoms with van der Waals surface area (Å²) in [6.45, 7) is 0. The summed E-state index contributed by atoms with van der Waals surface area (Å²) in [5, 5.41) is 0. The first kappa shape index (κ1) is 12.1. The lowest BCUT2D eigenvalue weighted by Crippen LogP contribution is -2.12. The number of carbonyl (C=O) groups is 3. The molecule has 98 valence electrons. The number of nitrogens with two attached hydrogens (primary N) is 2. The Kier molecular flexibility index (Phi) is 2.44. The van der Waals surface area contributed by atoms with Gasteiger partial charge in [-0.05, 0) is 35.4 Å². The second kappa shape index (κ2) is 4.03. The van der Waals surface area contributed by atoms with Gasteiger partial charge in [-0.1, -0.05) is 12.1 Å². The van der Waals surface area contributed by atoms with Crippen molar-refractivity contribution in [1.29, 1.82) is 0 Å². The van der Waals surface area contributed by atoms with Crippen molar-refractivity contribution < 1.29 is 14.4 Å². The SMILES string of the molecule is NC(=O)c1ccc2c(c1)C(=O)c1cc(C(N)=O)ccc1-2. The number of hydrogen-bond donors (Lipinski definition) is 2. The van der Waals surface area contributed by atoms with Crippen molar-refractivity contribution in [2.24, 2.45) is 11.5 Å². The fourth-order valence-electron chi connectivity index (χ4n) is 2.39. The van der Waals surface area contributed by atoms with Crippen LogP contribution in [0, 0.1) is 0 Å². The van der Waals surface area contributed by atoms with E-state index in [0.29, 0.717) is 11.1 Å². The molecule has 0 saturated carbocycles. The molecule has 1 aliphatic rings. The zero-order valence-corrected chi connectivity index (χ0v) is 10.3. The highest BCUT2D eigenvalue weighted by molar-refractivity contribution is 6.23. The summed E-state index contributed by atoms with van der Waals surface area (Å²) in [7, 11) is 0. The predicted molar refractivity (Wildman–Crippen MR) is 72.3 cm³/mol. The van der Waals surface area contributed by atoms with Crippen LogP contribution in [-0.4, -0.2) is 17.6 Å². The number of primary amides is 2. The van der Waals surface area contributed by atoms with E-state index in [1.807, 2.05) is 0 Å². The van der Waals surface area contributed by atoms with E-state index in [9.17, 15) is 14.4 Å². The average molecular weight is 266 g/mol. The molecule has 0 aromatic heterocycles. The van der Waals surface area contributed by atoms with E-state index in [4.69, 9.17) is 11.5 Å². The topological polar surface area (TPSA) is 103 Å². The van der Waals surface area contributed by atoms with Crippen LogP contribution in [0.1, 0.15) is 36.6 Å². The van der Waals surface area contributed by atoms with Gasteiger partial charge < -0.3 is 11.5 Å². The monoisotopic (exact) mass is 266 g/mol. The lowest BCUT2D eigenvalue weighted by molar-refractivity contribution is 0.0992. The second-order valence-electron chi connectivity index (χ2n) is 4.58.